The van der Waals surface area contributed by atoms with Crippen LogP contribution in [0.25, 0.3) is 0 Å². The van der Waals surface area contributed by atoms with Gasteiger partial charge in [-0.1, -0.05) is 29.3 Å². The molecular formula is C19H15BrCl2N2O4. The molecule has 1 aliphatic heterocycles. The monoisotopic (exact) mass is 484 g/mol. The highest BCUT2D eigenvalue weighted by atomic mass is 79.9. The van der Waals surface area contributed by atoms with Crippen LogP contribution in [0.4, 0.5) is 4.79 Å². The largest absolute Gasteiger partial charge is 0.496 e. The highest BCUT2D eigenvalue weighted by Crippen LogP contribution is 2.35. The minimum Gasteiger partial charge on any atom is -0.496 e. The van der Waals surface area contributed by atoms with E-state index in [4.69, 9.17) is 27.9 Å². The van der Waals surface area contributed by atoms with Crippen LogP contribution in [0.3, 0.4) is 0 Å². The fraction of sp³-hybridized carbons (Fsp3) is 0.211. The Labute approximate surface area is 179 Å². The molecule has 1 saturated heterocycles. The van der Waals surface area contributed by atoms with Crippen molar-refractivity contribution in [2.24, 2.45) is 0 Å². The van der Waals surface area contributed by atoms with E-state index in [9.17, 15) is 14.4 Å². The second-order valence-corrected chi connectivity index (χ2v) is 8.04. The van der Waals surface area contributed by atoms with Gasteiger partial charge in [-0.05, 0) is 53.2 Å². The van der Waals surface area contributed by atoms with Gasteiger partial charge in [0.05, 0.1) is 18.1 Å². The number of amides is 3. The van der Waals surface area contributed by atoms with E-state index < -0.39 is 29.8 Å². The standard InChI is InChI=1S/C19H15BrCl2N2O4/c1-19(12-5-4-11(21)8-14(12)22)17(26)24(18(27)23-19)9-15(25)10-3-6-16(28-2)13(20)7-10/h3-8H,9H2,1-2H3,(H,23,27). The molecule has 3 amide bonds. The molecule has 28 heavy (non-hydrogen) atoms. The molecule has 1 atom stereocenters. The number of imide groups is 1. The Morgan fingerprint density at radius 2 is 1.93 bits per heavy atom. The zero-order chi connectivity index (χ0) is 20.6. The summed E-state index contributed by atoms with van der Waals surface area (Å²) in [6, 6.07) is 8.76. The van der Waals surface area contributed by atoms with Crippen molar-refractivity contribution >= 4 is 56.9 Å². The van der Waals surface area contributed by atoms with Gasteiger partial charge in [0.1, 0.15) is 11.3 Å². The van der Waals surface area contributed by atoms with Crippen molar-refractivity contribution in [3.8, 4) is 5.75 Å². The quantitative estimate of drug-likeness (QED) is 0.502. The Balaban J connectivity index is 1.86. The van der Waals surface area contributed by atoms with Crippen molar-refractivity contribution in [1.29, 1.82) is 0 Å². The van der Waals surface area contributed by atoms with Gasteiger partial charge in [0.25, 0.3) is 5.91 Å². The maximum atomic E-state index is 13.0. The molecular weight excluding hydrogens is 471 g/mol. The fourth-order valence-corrected chi connectivity index (χ4v) is 4.13. The molecule has 2 aromatic carbocycles. The molecule has 1 aliphatic rings. The summed E-state index contributed by atoms with van der Waals surface area (Å²) >= 11 is 15.4. The van der Waals surface area contributed by atoms with Gasteiger partial charge in [0, 0.05) is 21.2 Å². The number of ketones is 1. The highest BCUT2D eigenvalue weighted by molar-refractivity contribution is 9.10. The zero-order valence-corrected chi connectivity index (χ0v) is 18.0. The van der Waals surface area contributed by atoms with Crippen LogP contribution >= 0.6 is 39.1 Å². The molecule has 2 aromatic rings. The third kappa shape index (κ3) is 3.62. The number of urea groups is 1. The van der Waals surface area contributed by atoms with Crippen molar-refractivity contribution in [1.82, 2.24) is 10.2 Å². The van der Waals surface area contributed by atoms with E-state index in [-0.39, 0.29) is 5.02 Å². The molecule has 1 heterocycles. The first kappa shape index (κ1) is 20.6. The molecule has 0 spiro atoms. The maximum Gasteiger partial charge on any atom is 0.325 e. The van der Waals surface area contributed by atoms with Gasteiger partial charge in [-0.15, -0.1) is 0 Å². The zero-order valence-electron chi connectivity index (χ0n) is 14.9. The second kappa shape index (κ2) is 7.73. The van der Waals surface area contributed by atoms with E-state index in [1.807, 2.05) is 0 Å². The average Bonchev–Trinajstić information content (AvgIpc) is 2.85. The van der Waals surface area contributed by atoms with Crippen molar-refractivity contribution < 1.29 is 19.1 Å². The number of nitrogens with one attached hydrogen (secondary N) is 1. The van der Waals surface area contributed by atoms with Gasteiger partial charge in [-0.3, -0.25) is 14.5 Å². The first-order valence-corrected chi connectivity index (χ1v) is 9.68. The predicted octanol–water partition coefficient (Wildman–Crippen LogP) is 4.41. The van der Waals surface area contributed by atoms with Crippen molar-refractivity contribution in [2.75, 3.05) is 13.7 Å². The van der Waals surface area contributed by atoms with Crippen LogP contribution < -0.4 is 10.1 Å². The first-order valence-electron chi connectivity index (χ1n) is 8.13. The summed E-state index contributed by atoms with van der Waals surface area (Å²) < 4.78 is 5.73. The highest BCUT2D eigenvalue weighted by Gasteiger charge is 2.50. The summed E-state index contributed by atoms with van der Waals surface area (Å²) in [4.78, 5) is 38.9. The number of carbonyl (C=O) groups excluding carboxylic acids is 3. The molecule has 1 N–H and O–H groups in total. The van der Waals surface area contributed by atoms with Crippen molar-refractivity contribution in [3.05, 3.63) is 62.0 Å². The lowest BCUT2D eigenvalue weighted by Gasteiger charge is -2.23. The van der Waals surface area contributed by atoms with Gasteiger partial charge in [0.15, 0.2) is 5.78 Å². The number of ether oxygens (including phenoxy) is 1. The topological polar surface area (TPSA) is 75.7 Å². The van der Waals surface area contributed by atoms with Crippen LogP contribution in [-0.4, -0.2) is 36.3 Å². The Hall–Kier alpha value is -2.09. The van der Waals surface area contributed by atoms with E-state index >= 15 is 0 Å². The normalized spacial score (nSPS) is 19.0. The number of nitrogens with zero attached hydrogens (tertiary/aromatic N) is 1. The molecule has 0 saturated carbocycles. The SMILES string of the molecule is COc1ccc(C(=O)CN2C(=O)NC(C)(c3ccc(Cl)cc3Cl)C2=O)cc1Br. The van der Waals surface area contributed by atoms with Gasteiger partial charge < -0.3 is 10.1 Å². The third-order valence-corrected chi connectivity index (χ3v) is 5.69. The second-order valence-electron chi connectivity index (χ2n) is 6.34. The maximum absolute atomic E-state index is 13.0. The first-order chi connectivity index (χ1) is 13.2. The minimum atomic E-state index is -1.39. The number of hydrogen-bond acceptors (Lipinski definition) is 4. The fourth-order valence-electron chi connectivity index (χ4n) is 2.99. The molecule has 0 aliphatic carbocycles. The summed E-state index contributed by atoms with van der Waals surface area (Å²) in [5.41, 5.74) is -0.648. The van der Waals surface area contributed by atoms with E-state index in [0.717, 1.165) is 4.90 Å². The molecule has 3 rings (SSSR count). The minimum absolute atomic E-state index is 0.246. The molecule has 9 heteroatoms. The Morgan fingerprint density at radius 3 is 2.54 bits per heavy atom. The molecule has 6 nitrogen and oxygen atoms in total. The van der Waals surface area contributed by atoms with Gasteiger partial charge in [-0.2, -0.15) is 0 Å². The van der Waals surface area contributed by atoms with Crippen LogP contribution in [0.2, 0.25) is 10.0 Å². The van der Waals surface area contributed by atoms with E-state index in [2.05, 4.69) is 21.2 Å². The Bertz CT molecular complexity index is 998. The van der Waals surface area contributed by atoms with Gasteiger partial charge in [-0.25, -0.2) is 4.79 Å². The summed E-state index contributed by atoms with van der Waals surface area (Å²) in [7, 11) is 1.51. The molecule has 0 radical (unpaired) electrons. The molecule has 1 unspecified atom stereocenters. The van der Waals surface area contributed by atoms with Crippen molar-refractivity contribution in [3.63, 3.8) is 0 Å². The Kier molecular flexibility index (Phi) is 5.70. The number of carbonyl (C=O) groups is 3. The Morgan fingerprint density at radius 1 is 1.21 bits per heavy atom. The molecule has 0 bridgehead atoms. The van der Waals surface area contributed by atoms with Crippen LogP contribution in [0.1, 0.15) is 22.8 Å². The average molecular weight is 486 g/mol. The molecule has 1 fully saturated rings. The van der Waals surface area contributed by atoms with Crippen LogP contribution in [-0.2, 0) is 10.3 Å². The number of halogens is 3. The smallest absolute Gasteiger partial charge is 0.325 e. The van der Waals surface area contributed by atoms with Crippen LogP contribution in [0, 0.1) is 0 Å². The lowest BCUT2D eigenvalue weighted by Crippen LogP contribution is -2.41. The van der Waals surface area contributed by atoms with Crippen LogP contribution in [0.5, 0.6) is 5.75 Å². The number of benzene rings is 2. The molecule has 146 valence electrons. The third-order valence-electron chi connectivity index (χ3n) is 4.52. The summed E-state index contributed by atoms with van der Waals surface area (Å²) in [6.07, 6.45) is 0. The van der Waals surface area contributed by atoms with Crippen LogP contribution in [0.15, 0.2) is 40.9 Å². The van der Waals surface area contributed by atoms with Gasteiger partial charge >= 0.3 is 6.03 Å². The predicted molar refractivity (Wildman–Crippen MR) is 109 cm³/mol. The summed E-state index contributed by atoms with van der Waals surface area (Å²) in [5.74, 6) is -0.391. The number of hydrogen-bond donors (Lipinski definition) is 1. The lowest BCUT2D eigenvalue weighted by molar-refractivity contribution is -0.130. The lowest BCUT2D eigenvalue weighted by atomic mass is 9.92. The van der Waals surface area contributed by atoms with E-state index in [1.54, 1.807) is 30.3 Å². The summed E-state index contributed by atoms with van der Waals surface area (Å²) in [6.45, 7) is 1.14. The van der Waals surface area contributed by atoms with E-state index in [1.165, 1.54) is 20.1 Å². The summed E-state index contributed by atoms with van der Waals surface area (Å²) in [5, 5.41) is 3.28. The van der Waals surface area contributed by atoms with Crippen molar-refractivity contribution in [2.45, 2.75) is 12.5 Å². The van der Waals surface area contributed by atoms with E-state index in [0.29, 0.717) is 26.4 Å². The number of Topliss-reactive ketones (excluding diaryl/α,β-unsaturated/α-hetero) is 1. The number of rotatable bonds is 5. The number of methoxy groups -OCH3 is 1. The molecule has 0 aromatic heterocycles. The van der Waals surface area contributed by atoms with Gasteiger partial charge in [0.2, 0.25) is 0 Å².